The van der Waals surface area contributed by atoms with E-state index in [0.717, 1.165) is 10.8 Å². The lowest BCUT2D eigenvalue weighted by Crippen LogP contribution is -2.15. The summed E-state index contributed by atoms with van der Waals surface area (Å²) in [4.78, 5) is 20.3. The van der Waals surface area contributed by atoms with Crippen LogP contribution in [0.2, 0.25) is 0 Å². The van der Waals surface area contributed by atoms with Crippen molar-refractivity contribution in [3.8, 4) is 22.5 Å². The Bertz CT molecular complexity index is 1410. The molecule has 1 unspecified atom stereocenters. The highest BCUT2D eigenvalue weighted by molar-refractivity contribution is 5.91. The summed E-state index contributed by atoms with van der Waals surface area (Å²) >= 11 is 0. The van der Waals surface area contributed by atoms with Crippen LogP contribution in [0.3, 0.4) is 0 Å². The lowest BCUT2D eigenvalue weighted by Gasteiger charge is -2.14. The van der Waals surface area contributed by atoms with E-state index in [1.807, 2.05) is 42.5 Å². The molecule has 0 radical (unpaired) electrons. The first-order valence-electron chi connectivity index (χ1n) is 10.8. The number of H-pyrrole nitrogens is 1. The van der Waals surface area contributed by atoms with Crippen molar-refractivity contribution in [3.05, 3.63) is 114 Å². The van der Waals surface area contributed by atoms with E-state index in [2.05, 4.69) is 4.98 Å². The fourth-order valence-corrected chi connectivity index (χ4v) is 4.24. The van der Waals surface area contributed by atoms with Gasteiger partial charge in [-0.1, -0.05) is 42.5 Å². The van der Waals surface area contributed by atoms with Gasteiger partial charge in [0.25, 0.3) is 0 Å². The molecule has 0 saturated carbocycles. The molecule has 0 aliphatic rings. The van der Waals surface area contributed by atoms with Gasteiger partial charge in [-0.3, -0.25) is 4.79 Å². The molecule has 1 aromatic heterocycles. The van der Waals surface area contributed by atoms with E-state index < -0.39 is 11.9 Å². The number of carboxylic acid groups (broad SMARTS) is 1. The van der Waals surface area contributed by atoms with E-state index in [9.17, 15) is 18.7 Å². The molecular formula is C28H20F2N2O2. The van der Waals surface area contributed by atoms with Crippen LogP contribution in [0.1, 0.15) is 17.3 Å². The van der Waals surface area contributed by atoms with Crippen LogP contribution >= 0.6 is 0 Å². The number of fused-ring (bicyclic) bond motifs is 1. The van der Waals surface area contributed by atoms with Crippen molar-refractivity contribution in [1.29, 1.82) is 0 Å². The largest absolute Gasteiger partial charge is 0.481 e. The van der Waals surface area contributed by atoms with Crippen LogP contribution in [0.25, 0.3) is 33.3 Å². The smallest absolute Gasteiger partial charge is 0.311 e. The third-order valence-corrected chi connectivity index (χ3v) is 5.90. The Balaban J connectivity index is 1.60. The monoisotopic (exact) mass is 454 g/mol. The first kappa shape index (κ1) is 21.5. The van der Waals surface area contributed by atoms with Crippen molar-refractivity contribution >= 4 is 16.7 Å². The van der Waals surface area contributed by atoms with Gasteiger partial charge in [0, 0.05) is 17.5 Å². The van der Waals surface area contributed by atoms with Gasteiger partial charge in [0.15, 0.2) is 0 Å². The Kier molecular flexibility index (Phi) is 5.64. The number of nitrogens with zero attached hydrogens (tertiary/aromatic N) is 1. The first-order valence-corrected chi connectivity index (χ1v) is 10.8. The molecule has 1 atom stereocenters. The molecule has 0 fully saturated rings. The van der Waals surface area contributed by atoms with E-state index >= 15 is 0 Å². The molecule has 0 saturated heterocycles. The van der Waals surface area contributed by atoms with Crippen LogP contribution in [-0.4, -0.2) is 21.0 Å². The summed E-state index contributed by atoms with van der Waals surface area (Å²) in [7, 11) is 0. The summed E-state index contributed by atoms with van der Waals surface area (Å²) in [6, 6.07) is 25.1. The fraction of sp³-hybridized carbons (Fsp3) is 0.0714. The highest BCUT2D eigenvalue weighted by atomic mass is 19.1. The van der Waals surface area contributed by atoms with Crippen molar-refractivity contribution in [1.82, 2.24) is 9.97 Å². The summed E-state index contributed by atoms with van der Waals surface area (Å²) in [6.07, 6.45) is 0.124. The average molecular weight is 454 g/mol. The number of nitrogens with one attached hydrogen (secondary N) is 1. The number of benzene rings is 4. The number of rotatable bonds is 6. The van der Waals surface area contributed by atoms with E-state index in [4.69, 9.17) is 4.98 Å². The molecule has 2 N–H and O–H groups in total. The highest BCUT2D eigenvalue weighted by Gasteiger charge is 2.25. The third kappa shape index (κ3) is 4.18. The SMILES string of the molecule is O=C(O)C(Cc1nc(-c2ccc(F)cc2)c(-c2ccc(F)cc2)[nH]1)c1cccc2ccccc12. The first-order chi connectivity index (χ1) is 16.5. The number of hydrogen-bond donors (Lipinski definition) is 2. The van der Waals surface area contributed by atoms with Gasteiger partial charge in [0.2, 0.25) is 0 Å². The summed E-state index contributed by atoms with van der Waals surface area (Å²) in [5.74, 6) is -2.06. The average Bonchev–Trinajstić information content (AvgIpc) is 3.27. The number of aliphatic carboxylic acids is 1. The topological polar surface area (TPSA) is 66.0 Å². The quantitative estimate of drug-likeness (QED) is 0.304. The molecule has 1 heterocycles. The number of aromatic nitrogens is 2. The summed E-state index contributed by atoms with van der Waals surface area (Å²) in [5.41, 5.74) is 3.22. The standard InChI is InChI=1S/C28H20F2N2O2/c29-20-12-8-18(9-13-20)26-27(19-10-14-21(30)15-11-19)32-25(31-26)16-24(28(33)34)23-7-3-5-17-4-1-2-6-22(17)23/h1-15,24H,16H2,(H,31,32)(H,33,34). The number of halogens is 2. The normalized spacial score (nSPS) is 12.1. The molecule has 5 aromatic rings. The molecule has 34 heavy (non-hydrogen) atoms. The minimum Gasteiger partial charge on any atom is -0.481 e. The summed E-state index contributed by atoms with van der Waals surface area (Å²) in [5, 5.41) is 11.9. The lowest BCUT2D eigenvalue weighted by molar-refractivity contribution is -0.138. The van der Waals surface area contributed by atoms with E-state index in [-0.39, 0.29) is 18.1 Å². The van der Waals surface area contributed by atoms with Crippen molar-refractivity contribution in [2.45, 2.75) is 12.3 Å². The van der Waals surface area contributed by atoms with Crippen molar-refractivity contribution in [2.24, 2.45) is 0 Å². The number of carboxylic acids is 1. The van der Waals surface area contributed by atoms with Gasteiger partial charge < -0.3 is 10.1 Å². The van der Waals surface area contributed by atoms with E-state index in [1.54, 1.807) is 24.3 Å². The van der Waals surface area contributed by atoms with Crippen LogP contribution < -0.4 is 0 Å². The zero-order valence-corrected chi connectivity index (χ0v) is 18.0. The van der Waals surface area contributed by atoms with Crippen LogP contribution in [0.5, 0.6) is 0 Å². The minimum absolute atomic E-state index is 0.124. The Labute approximate surface area is 194 Å². The molecular weight excluding hydrogens is 434 g/mol. The maximum atomic E-state index is 13.5. The van der Waals surface area contributed by atoms with Gasteiger partial charge in [0.05, 0.1) is 17.3 Å². The van der Waals surface area contributed by atoms with Gasteiger partial charge in [-0.15, -0.1) is 0 Å². The molecule has 5 rings (SSSR count). The van der Waals surface area contributed by atoms with Crippen molar-refractivity contribution < 1.29 is 18.7 Å². The fourth-order valence-electron chi connectivity index (χ4n) is 4.24. The summed E-state index contributed by atoms with van der Waals surface area (Å²) in [6.45, 7) is 0. The van der Waals surface area contributed by atoms with Gasteiger partial charge in [-0.05, 0) is 64.9 Å². The highest BCUT2D eigenvalue weighted by Crippen LogP contribution is 2.33. The van der Waals surface area contributed by atoms with Crippen molar-refractivity contribution in [3.63, 3.8) is 0 Å². The van der Waals surface area contributed by atoms with Gasteiger partial charge in [-0.2, -0.15) is 0 Å². The second kappa shape index (κ2) is 8.90. The predicted molar refractivity (Wildman–Crippen MR) is 127 cm³/mol. The second-order valence-corrected chi connectivity index (χ2v) is 8.08. The van der Waals surface area contributed by atoms with E-state index in [1.165, 1.54) is 24.3 Å². The lowest BCUT2D eigenvalue weighted by atomic mass is 9.91. The molecule has 0 bridgehead atoms. The van der Waals surface area contributed by atoms with Gasteiger partial charge in [0.1, 0.15) is 17.5 Å². The van der Waals surface area contributed by atoms with Crippen LogP contribution in [0, 0.1) is 11.6 Å². The minimum atomic E-state index is -0.959. The van der Waals surface area contributed by atoms with Crippen LogP contribution in [-0.2, 0) is 11.2 Å². The Morgan fingerprint density at radius 1 is 0.824 bits per heavy atom. The molecule has 168 valence electrons. The second-order valence-electron chi connectivity index (χ2n) is 8.08. The zero-order chi connectivity index (χ0) is 23.7. The maximum absolute atomic E-state index is 13.5. The Hall–Kier alpha value is -4.32. The molecule has 4 nitrogen and oxygen atoms in total. The molecule has 4 aromatic carbocycles. The van der Waals surface area contributed by atoms with E-state index in [0.29, 0.717) is 33.9 Å². The zero-order valence-electron chi connectivity index (χ0n) is 18.0. The van der Waals surface area contributed by atoms with Gasteiger partial charge in [-0.25, -0.2) is 13.8 Å². The van der Waals surface area contributed by atoms with Gasteiger partial charge >= 0.3 is 5.97 Å². The number of imidazole rings is 1. The number of carbonyl (C=O) groups is 1. The molecule has 0 amide bonds. The molecule has 0 spiro atoms. The number of aromatic amines is 1. The summed E-state index contributed by atoms with van der Waals surface area (Å²) < 4.78 is 27.0. The number of hydrogen-bond acceptors (Lipinski definition) is 2. The van der Waals surface area contributed by atoms with Crippen LogP contribution in [0.4, 0.5) is 8.78 Å². The third-order valence-electron chi connectivity index (χ3n) is 5.90. The van der Waals surface area contributed by atoms with Crippen LogP contribution in [0.15, 0.2) is 91.0 Å². The molecule has 6 heteroatoms. The molecule has 0 aliphatic carbocycles. The Morgan fingerprint density at radius 3 is 2.12 bits per heavy atom. The predicted octanol–water partition coefficient (Wildman–Crippen LogP) is 6.59. The Morgan fingerprint density at radius 2 is 1.44 bits per heavy atom. The molecule has 0 aliphatic heterocycles. The van der Waals surface area contributed by atoms with Crippen molar-refractivity contribution in [2.75, 3.05) is 0 Å². The maximum Gasteiger partial charge on any atom is 0.311 e.